The molecule has 1 aliphatic heterocycles. The van der Waals surface area contributed by atoms with Crippen LogP contribution in [0.25, 0.3) is 0 Å². The van der Waals surface area contributed by atoms with E-state index in [1.54, 1.807) is 6.07 Å². The fraction of sp³-hybridized carbons (Fsp3) is 0.235. The van der Waals surface area contributed by atoms with E-state index < -0.39 is 0 Å². The molecule has 3 rings (SSSR count). The molecular formula is C17H17ClN2O3. The Kier molecular flexibility index (Phi) is 5.00. The van der Waals surface area contributed by atoms with Crippen LogP contribution in [-0.2, 0) is 17.9 Å². The molecule has 1 amide bonds. The standard InChI is InChI=1S/C17H17ClN2O3/c18-14-4-2-1-3-13(14)9-20-17(21)10-19-8-12-5-6-15-16(7-12)23-11-22-15/h1-7,19H,8-11H2,(H,20,21). The monoisotopic (exact) mass is 332 g/mol. The van der Waals surface area contributed by atoms with E-state index in [2.05, 4.69) is 10.6 Å². The third-order valence-electron chi connectivity index (χ3n) is 3.49. The number of hydrogen-bond donors (Lipinski definition) is 2. The molecule has 2 N–H and O–H groups in total. The molecule has 1 heterocycles. The first kappa shape index (κ1) is 15.6. The Hall–Kier alpha value is -2.24. The maximum atomic E-state index is 11.8. The molecule has 0 unspecified atom stereocenters. The summed E-state index contributed by atoms with van der Waals surface area (Å²) in [7, 11) is 0. The number of rotatable bonds is 6. The number of halogens is 1. The zero-order valence-corrected chi connectivity index (χ0v) is 13.2. The molecule has 0 bridgehead atoms. The van der Waals surface area contributed by atoms with E-state index >= 15 is 0 Å². The number of amides is 1. The van der Waals surface area contributed by atoms with E-state index in [-0.39, 0.29) is 19.2 Å². The van der Waals surface area contributed by atoms with Crippen LogP contribution in [0.4, 0.5) is 0 Å². The van der Waals surface area contributed by atoms with E-state index in [9.17, 15) is 4.79 Å². The van der Waals surface area contributed by atoms with Crippen LogP contribution in [0.3, 0.4) is 0 Å². The molecule has 0 spiro atoms. The normalized spacial score (nSPS) is 12.2. The Morgan fingerprint density at radius 1 is 1.09 bits per heavy atom. The number of carbonyl (C=O) groups excluding carboxylic acids is 1. The molecule has 5 nitrogen and oxygen atoms in total. The molecule has 120 valence electrons. The molecular weight excluding hydrogens is 316 g/mol. The average Bonchev–Trinajstić information content (AvgIpc) is 3.02. The molecule has 0 fully saturated rings. The molecule has 0 atom stereocenters. The highest BCUT2D eigenvalue weighted by Gasteiger charge is 2.13. The van der Waals surface area contributed by atoms with Crippen molar-refractivity contribution in [1.82, 2.24) is 10.6 Å². The number of ether oxygens (including phenoxy) is 2. The van der Waals surface area contributed by atoms with Crippen molar-refractivity contribution in [2.75, 3.05) is 13.3 Å². The summed E-state index contributed by atoms with van der Waals surface area (Å²) in [6.07, 6.45) is 0. The number of carbonyl (C=O) groups is 1. The molecule has 23 heavy (non-hydrogen) atoms. The van der Waals surface area contributed by atoms with Crippen LogP contribution in [-0.4, -0.2) is 19.2 Å². The number of benzene rings is 2. The third-order valence-corrected chi connectivity index (χ3v) is 3.85. The lowest BCUT2D eigenvalue weighted by atomic mass is 10.2. The quantitative estimate of drug-likeness (QED) is 0.853. The van der Waals surface area contributed by atoms with Crippen LogP contribution < -0.4 is 20.1 Å². The highest BCUT2D eigenvalue weighted by molar-refractivity contribution is 6.31. The lowest BCUT2D eigenvalue weighted by Gasteiger charge is -2.08. The van der Waals surface area contributed by atoms with Crippen LogP contribution in [0.1, 0.15) is 11.1 Å². The van der Waals surface area contributed by atoms with Gasteiger partial charge in [-0.25, -0.2) is 0 Å². The summed E-state index contributed by atoms with van der Waals surface area (Å²) in [5.41, 5.74) is 1.94. The molecule has 2 aromatic carbocycles. The highest BCUT2D eigenvalue weighted by atomic mass is 35.5. The van der Waals surface area contributed by atoms with Gasteiger partial charge in [0.15, 0.2) is 11.5 Å². The van der Waals surface area contributed by atoms with Gasteiger partial charge in [0.2, 0.25) is 12.7 Å². The van der Waals surface area contributed by atoms with Gasteiger partial charge in [-0.1, -0.05) is 35.9 Å². The number of hydrogen-bond acceptors (Lipinski definition) is 4. The topological polar surface area (TPSA) is 59.6 Å². The van der Waals surface area contributed by atoms with Crippen molar-refractivity contribution in [3.05, 3.63) is 58.6 Å². The second kappa shape index (κ2) is 7.35. The number of nitrogens with one attached hydrogen (secondary N) is 2. The Balaban J connectivity index is 1.42. The van der Waals surface area contributed by atoms with Crippen molar-refractivity contribution in [3.63, 3.8) is 0 Å². The zero-order chi connectivity index (χ0) is 16.1. The zero-order valence-electron chi connectivity index (χ0n) is 12.5. The van der Waals surface area contributed by atoms with Crippen molar-refractivity contribution in [3.8, 4) is 11.5 Å². The second-order valence-corrected chi connectivity index (χ2v) is 5.57. The molecule has 0 saturated carbocycles. The third kappa shape index (κ3) is 4.15. The summed E-state index contributed by atoms with van der Waals surface area (Å²) in [6, 6.07) is 13.2. The minimum atomic E-state index is -0.0781. The lowest BCUT2D eigenvalue weighted by molar-refractivity contribution is -0.120. The Morgan fingerprint density at radius 3 is 2.78 bits per heavy atom. The van der Waals surface area contributed by atoms with Crippen molar-refractivity contribution < 1.29 is 14.3 Å². The molecule has 0 aliphatic carbocycles. The van der Waals surface area contributed by atoms with Gasteiger partial charge in [-0.05, 0) is 29.3 Å². The SMILES string of the molecule is O=C(CNCc1ccc2c(c1)OCO2)NCc1ccccc1Cl. The van der Waals surface area contributed by atoms with Crippen LogP contribution in [0.2, 0.25) is 5.02 Å². The summed E-state index contributed by atoms with van der Waals surface area (Å²) >= 11 is 6.05. The number of fused-ring (bicyclic) bond motifs is 1. The predicted octanol–water partition coefficient (Wildman–Crippen LogP) is 2.47. The van der Waals surface area contributed by atoms with E-state index in [0.717, 1.165) is 22.6 Å². The Bertz CT molecular complexity index is 706. The summed E-state index contributed by atoms with van der Waals surface area (Å²) in [4.78, 5) is 11.8. The van der Waals surface area contributed by atoms with Crippen LogP contribution >= 0.6 is 11.6 Å². The maximum absolute atomic E-state index is 11.8. The fourth-order valence-electron chi connectivity index (χ4n) is 2.27. The van der Waals surface area contributed by atoms with Gasteiger partial charge in [0.05, 0.1) is 6.54 Å². The average molecular weight is 333 g/mol. The molecule has 0 aromatic heterocycles. The largest absolute Gasteiger partial charge is 0.454 e. The van der Waals surface area contributed by atoms with Gasteiger partial charge in [-0.3, -0.25) is 4.79 Å². The first-order chi connectivity index (χ1) is 11.2. The molecule has 0 radical (unpaired) electrons. The van der Waals surface area contributed by atoms with Crippen molar-refractivity contribution in [2.45, 2.75) is 13.1 Å². The van der Waals surface area contributed by atoms with Crippen molar-refractivity contribution in [2.24, 2.45) is 0 Å². The van der Waals surface area contributed by atoms with Crippen molar-refractivity contribution in [1.29, 1.82) is 0 Å². The molecule has 0 saturated heterocycles. The highest BCUT2D eigenvalue weighted by Crippen LogP contribution is 2.32. The first-order valence-electron chi connectivity index (χ1n) is 7.32. The van der Waals surface area contributed by atoms with E-state index in [1.165, 1.54) is 0 Å². The minimum Gasteiger partial charge on any atom is -0.454 e. The van der Waals surface area contributed by atoms with Gasteiger partial charge >= 0.3 is 0 Å². The van der Waals surface area contributed by atoms with Crippen LogP contribution in [0.5, 0.6) is 11.5 Å². The van der Waals surface area contributed by atoms with E-state index in [4.69, 9.17) is 21.1 Å². The van der Waals surface area contributed by atoms with E-state index in [1.807, 2.05) is 36.4 Å². The minimum absolute atomic E-state index is 0.0781. The smallest absolute Gasteiger partial charge is 0.234 e. The van der Waals surface area contributed by atoms with Gasteiger partial charge in [0, 0.05) is 18.1 Å². The first-order valence-corrected chi connectivity index (χ1v) is 7.69. The van der Waals surface area contributed by atoms with Gasteiger partial charge in [-0.15, -0.1) is 0 Å². The van der Waals surface area contributed by atoms with Gasteiger partial charge in [-0.2, -0.15) is 0 Å². The molecule has 2 aromatic rings. The van der Waals surface area contributed by atoms with Crippen LogP contribution in [0, 0.1) is 0 Å². The Labute approximate surface area is 139 Å². The maximum Gasteiger partial charge on any atom is 0.234 e. The molecule has 1 aliphatic rings. The molecule has 6 heteroatoms. The fourth-order valence-corrected chi connectivity index (χ4v) is 2.47. The van der Waals surface area contributed by atoms with Gasteiger partial charge in [0.1, 0.15) is 0 Å². The second-order valence-electron chi connectivity index (χ2n) is 5.16. The Morgan fingerprint density at radius 2 is 1.91 bits per heavy atom. The summed E-state index contributed by atoms with van der Waals surface area (Å²) in [6.45, 7) is 1.50. The van der Waals surface area contributed by atoms with Gasteiger partial charge < -0.3 is 20.1 Å². The summed E-state index contributed by atoms with van der Waals surface area (Å²) in [5, 5.41) is 6.59. The van der Waals surface area contributed by atoms with Gasteiger partial charge in [0.25, 0.3) is 0 Å². The summed E-state index contributed by atoms with van der Waals surface area (Å²) < 4.78 is 10.6. The van der Waals surface area contributed by atoms with E-state index in [0.29, 0.717) is 18.1 Å². The van der Waals surface area contributed by atoms with Crippen molar-refractivity contribution >= 4 is 17.5 Å². The van der Waals surface area contributed by atoms with Crippen LogP contribution in [0.15, 0.2) is 42.5 Å². The predicted molar refractivity (Wildman–Crippen MR) is 87.6 cm³/mol. The lowest BCUT2D eigenvalue weighted by Crippen LogP contribution is -2.33. The summed E-state index contributed by atoms with van der Waals surface area (Å²) in [5.74, 6) is 1.42.